The predicted molar refractivity (Wildman–Crippen MR) is 92.1 cm³/mol. The highest BCUT2D eigenvalue weighted by molar-refractivity contribution is 9.11. The summed E-state index contributed by atoms with van der Waals surface area (Å²) in [6.07, 6.45) is 2.41. The Labute approximate surface area is 134 Å². The highest BCUT2D eigenvalue weighted by Crippen LogP contribution is 2.28. The Hall–Kier alpha value is -0.640. The van der Waals surface area contributed by atoms with E-state index in [1.165, 1.54) is 27.8 Å². The Bertz CT molecular complexity index is 505. The monoisotopic (exact) mass is 351 g/mol. The second kappa shape index (κ2) is 7.96. The van der Waals surface area contributed by atoms with E-state index in [9.17, 15) is 0 Å². The van der Waals surface area contributed by atoms with Gasteiger partial charge in [-0.25, -0.2) is 0 Å². The van der Waals surface area contributed by atoms with Crippen LogP contribution in [0.25, 0.3) is 0 Å². The van der Waals surface area contributed by atoms with Crippen LogP contribution in [0.3, 0.4) is 0 Å². The topological polar surface area (TPSA) is 12.0 Å². The summed E-state index contributed by atoms with van der Waals surface area (Å²) in [5.74, 6) is 0.680. The van der Waals surface area contributed by atoms with Gasteiger partial charge in [0.05, 0.1) is 3.79 Å². The maximum atomic E-state index is 3.75. The Morgan fingerprint density at radius 1 is 1.15 bits per heavy atom. The van der Waals surface area contributed by atoms with E-state index in [-0.39, 0.29) is 0 Å². The lowest BCUT2D eigenvalue weighted by Crippen LogP contribution is -2.27. The van der Waals surface area contributed by atoms with Crippen LogP contribution in [-0.4, -0.2) is 0 Å². The fourth-order valence-corrected chi connectivity index (χ4v) is 3.85. The molecule has 0 saturated heterocycles. The molecule has 3 heteroatoms. The molecule has 0 aliphatic carbocycles. The van der Waals surface area contributed by atoms with Crippen molar-refractivity contribution in [2.45, 2.75) is 39.3 Å². The van der Waals surface area contributed by atoms with Gasteiger partial charge in [-0.05, 0) is 44.4 Å². The van der Waals surface area contributed by atoms with Crippen LogP contribution in [0.5, 0.6) is 0 Å². The normalized spacial score (nSPS) is 12.8. The van der Waals surface area contributed by atoms with Gasteiger partial charge in [0.25, 0.3) is 0 Å². The maximum absolute atomic E-state index is 3.75. The number of nitrogens with one attached hydrogen (secondary N) is 1. The molecule has 0 fully saturated rings. The second-order valence-electron chi connectivity index (χ2n) is 5.10. The molecule has 1 heterocycles. The van der Waals surface area contributed by atoms with Crippen LogP contribution >= 0.6 is 27.3 Å². The standard InChI is InChI=1S/C17H22BrNS/c1-3-14(4-2)17(15-8-6-5-7-9-15)19-11-13-10-16(18)20-12-13/h5-10,12,14,17,19H,3-4,11H2,1-2H3. The smallest absolute Gasteiger partial charge is 0.0701 e. The predicted octanol–water partition coefficient (Wildman–Crippen LogP) is 5.78. The summed E-state index contributed by atoms with van der Waals surface area (Å²) < 4.78 is 1.20. The van der Waals surface area contributed by atoms with Crippen molar-refractivity contribution in [1.29, 1.82) is 0 Å². The summed E-state index contributed by atoms with van der Waals surface area (Å²) in [6.45, 7) is 5.50. The first-order valence-corrected chi connectivity index (χ1v) is 8.93. The summed E-state index contributed by atoms with van der Waals surface area (Å²) in [5.41, 5.74) is 2.75. The first kappa shape index (κ1) is 15.7. The van der Waals surface area contributed by atoms with Crippen molar-refractivity contribution in [2.75, 3.05) is 0 Å². The van der Waals surface area contributed by atoms with Gasteiger partial charge in [-0.3, -0.25) is 0 Å². The summed E-state index contributed by atoms with van der Waals surface area (Å²) in [7, 11) is 0. The lowest BCUT2D eigenvalue weighted by atomic mass is 9.88. The number of halogens is 1. The van der Waals surface area contributed by atoms with Crippen LogP contribution < -0.4 is 5.32 Å². The summed E-state index contributed by atoms with van der Waals surface area (Å²) >= 11 is 5.28. The highest BCUT2D eigenvalue weighted by Gasteiger charge is 2.19. The van der Waals surface area contributed by atoms with Crippen molar-refractivity contribution in [3.05, 3.63) is 56.7 Å². The minimum atomic E-state index is 0.435. The van der Waals surface area contributed by atoms with Gasteiger partial charge in [-0.1, -0.05) is 57.0 Å². The third-order valence-corrected chi connectivity index (χ3v) is 5.38. The molecular formula is C17H22BrNS. The van der Waals surface area contributed by atoms with Gasteiger partial charge in [0.2, 0.25) is 0 Å². The van der Waals surface area contributed by atoms with Crippen LogP contribution in [0.1, 0.15) is 43.9 Å². The second-order valence-corrected chi connectivity index (χ2v) is 7.40. The molecule has 1 aromatic heterocycles. The molecule has 1 aromatic carbocycles. The van der Waals surface area contributed by atoms with Gasteiger partial charge in [0, 0.05) is 12.6 Å². The Morgan fingerprint density at radius 2 is 1.85 bits per heavy atom. The van der Waals surface area contributed by atoms with E-state index in [2.05, 4.69) is 76.9 Å². The quantitative estimate of drug-likeness (QED) is 0.666. The third-order valence-electron chi connectivity index (χ3n) is 3.83. The lowest BCUT2D eigenvalue weighted by molar-refractivity contribution is 0.339. The van der Waals surface area contributed by atoms with E-state index >= 15 is 0 Å². The molecule has 0 spiro atoms. The van der Waals surface area contributed by atoms with Crippen molar-refractivity contribution in [3.63, 3.8) is 0 Å². The van der Waals surface area contributed by atoms with Crippen LogP contribution in [-0.2, 0) is 6.54 Å². The Morgan fingerprint density at radius 3 is 2.40 bits per heavy atom. The van der Waals surface area contributed by atoms with Crippen molar-refractivity contribution >= 4 is 27.3 Å². The number of benzene rings is 1. The molecule has 2 aromatic rings. The zero-order valence-electron chi connectivity index (χ0n) is 12.1. The molecule has 1 N–H and O–H groups in total. The molecule has 20 heavy (non-hydrogen) atoms. The number of thiophene rings is 1. The summed E-state index contributed by atoms with van der Waals surface area (Å²) in [5, 5.41) is 5.97. The number of hydrogen-bond donors (Lipinski definition) is 1. The van der Waals surface area contributed by atoms with Crippen LogP contribution in [0, 0.1) is 5.92 Å². The third kappa shape index (κ3) is 4.18. The van der Waals surface area contributed by atoms with Crippen molar-refractivity contribution < 1.29 is 0 Å². The van der Waals surface area contributed by atoms with Gasteiger partial charge in [0.1, 0.15) is 0 Å². The van der Waals surface area contributed by atoms with Gasteiger partial charge in [-0.2, -0.15) is 0 Å². The van der Waals surface area contributed by atoms with Crippen LogP contribution in [0.2, 0.25) is 0 Å². The fourth-order valence-electron chi connectivity index (χ4n) is 2.64. The highest BCUT2D eigenvalue weighted by atomic mass is 79.9. The molecule has 1 unspecified atom stereocenters. The minimum absolute atomic E-state index is 0.435. The van der Waals surface area contributed by atoms with Crippen molar-refractivity contribution in [2.24, 2.45) is 5.92 Å². The van der Waals surface area contributed by atoms with Gasteiger partial charge in [0.15, 0.2) is 0 Å². The zero-order valence-corrected chi connectivity index (χ0v) is 14.5. The Kier molecular flexibility index (Phi) is 6.27. The molecule has 1 nitrogen and oxygen atoms in total. The van der Waals surface area contributed by atoms with Gasteiger partial charge in [-0.15, -0.1) is 11.3 Å². The maximum Gasteiger partial charge on any atom is 0.0701 e. The first-order chi connectivity index (χ1) is 9.74. The number of rotatable bonds is 7. The summed E-state index contributed by atoms with van der Waals surface area (Å²) in [4.78, 5) is 0. The molecule has 0 aliphatic rings. The Balaban J connectivity index is 2.10. The van der Waals surface area contributed by atoms with E-state index in [0.29, 0.717) is 12.0 Å². The number of hydrogen-bond acceptors (Lipinski definition) is 2. The molecule has 0 bridgehead atoms. The van der Waals surface area contributed by atoms with E-state index in [0.717, 1.165) is 6.54 Å². The molecule has 108 valence electrons. The molecule has 2 rings (SSSR count). The molecule has 0 radical (unpaired) electrons. The molecule has 0 amide bonds. The van der Waals surface area contributed by atoms with E-state index in [1.807, 2.05) is 0 Å². The SMILES string of the molecule is CCC(CC)C(NCc1csc(Br)c1)c1ccccc1. The molecule has 0 aliphatic heterocycles. The fraction of sp³-hybridized carbons (Fsp3) is 0.412. The summed E-state index contributed by atoms with van der Waals surface area (Å²) in [6, 6.07) is 13.5. The lowest BCUT2D eigenvalue weighted by Gasteiger charge is -2.27. The van der Waals surface area contributed by atoms with Gasteiger partial charge >= 0.3 is 0 Å². The average Bonchev–Trinajstić information content (AvgIpc) is 2.90. The van der Waals surface area contributed by atoms with E-state index in [1.54, 1.807) is 11.3 Å². The average molecular weight is 352 g/mol. The van der Waals surface area contributed by atoms with Crippen molar-refractivity contribution in [1.82, 2.24) is 5.32 Å². The minimum Gasteiger partial charge on any atom is -0.306 e. The molecule has 1 atom stereocenters. The van der Waals surface area contributed by atoms with Crippen molar-refractivity contribution in [3.8, 4) is 0 Å². The van der Waals surface area contributed by atoms with E-state index in [4.69, 9.17) is 0 Å². The molecule has 0 saturated carbocycles. The van der Waals surface area contributed by atoms with Crippen LogP contribution in [0.15, 0.2) is 45.6 Å². The zero-order chi connectivity index (χ0) is 14.4. The van der Waals surface area contributed by atoms with E-state index < -0.39 is 0 Å². The van der Waals surface area contributed by atoms with Gasteiger partial charge < -0.3 is 5.32 Å². The van der Waals surface area contributed by atoms with Crippen LogP contribution in [0.4, 0.5) is 0 Å². The molecular weight excluding hydrogens is 330 g/mol. The first-order valence-electron chi connectivity index (χ1n) is 7.25. The largest absolute Gasteiger partial charge is 0.306 e.